The Kier molecular flexibility index (Phi) is 10.3. The number of carboxylic acids is 2. The summed E-state index contributed by atoms with van der Waals surface area (Å²) in [6, 6.07) is -4.47. The van der Waals surface area contributed by atoms with E-state index in [4.69, 9.17) is 15.9 Å². The van der Waals surface area contributed by atoms with Crippen LogP contribution in [0.25, 0.3) is 0 Å². The van der Waals surface area contributed by atoms with E-state index in [0.29, 0.717) is 0 Å². The van der Waals surface area contributed by atoms with Crippen LogP contribution in [0.4, 0.5) is 0 Å². The highest BCUT2D eigenvalue weighted by atomic mass is 32.1. The van der Waals surface area contributed by atoms with Gasteiger partial charge >= 0.3 is 11.9 Å². The lowest BCUT2D eigenvalue weighted by molar-refractivity contribution is -0.141. The van der Waals surface area contributed by atoms with Crippen LogP contribution < -0.4 is 21.7 Å². The largest absolute Gasteiger partial charge is 0.481 e. The second-order valence-electron chi connectivity index (χ2n) is 5.59. The summed E-state index contributed by atoms with van der Waals surface area (Å²) in [7, 11) is 0. The summed E-state index contributed by atoms with van der Waals surface area (Å²) in [4.78, 5) is 57.4. The van der Waals surface area contributed by atoms with Crippen molar-refractivity contribution in [1.82, 2.24) is 16.0 Å². The number of nitrogens with two attached hydrogens (primary N) is 1. The minimum Gasteiger partial charge on any atom is -0.481 e. The fourth-order valence-corrected chi connectivity index (χ4v) is 1.95. The summed E-state index contributed by atoms with van der Waals surface area (Å²) >= 11 is 3.81. The third-order valence-electron chi connectivity index (χ3n) is 3.24. The number of aliphatic carboxylic acids is 2. The maximum Gasteiger partial charge on any atom is 0.327 e. The van der Waals surface area contributed by atoms with E-state index in [-0.39, 0.29) is 12.2 Å². The Bertz CT molecular complexity index is 555. The maximum atomic E-state index is 12.2. The first-order valence-electron chi connectivity index (χ1n) is 7.71. The van der Waals surface area contributed by atoms with Gasteiger partial charge in [-0.05, 0) is 20.3 Å². The topological polar surface area (TPSA) is 188 Å². The molecule has 7 N–H and O–H groups in total. The fraction of sp³-hybridized carbons (Fsp3) is 0.643. The van der Waals surface area contributed by atoms with Crippen molar-refractivity contribution in [1.29, 1.82) is 0 Å². The number of carboxylic acid groups (broad SMARTS) is 2. The summed E-state index contributed by atoms with van der Waals surface area (Å²) in [5, 5.41) is 24.4. The first-order valence-corrected chi connectivity index (χ1v) is 8.35. The third kappa shape index (κ3) is 8.67. The molecule has 26 heavy (non-hydrogen) atoms. The van der Waals surface area contributed by atoms with E-state index in [0.717, 1.165) is 0 Å². The lowest BCUT2D eigenvalue weighted by Gasteiger charge is -2.22. The molecule has 0 heterocycles. The van der Waals surface area contributed by atoms with Gasteiger partial charge in [-0.3, -0.25) is 19.2 Å². The zero-order valence-electron chi connectivity index (χ0n) is 14.4. The molecule has 11 nitrogen and oxygen atoms in total. The molecule has 0 saturated carbocycles. The van der Waals surface area contributed by atoms with Gasteiger partial charge in [0.05, 0.1) is 6.04 Å². The van der Waals surface area contributed by atoms with Crippen LogP contribution in [0.15, 0.2) is 0 Å². The third-order valence-corrected chi connectivity index (χ3v) is 3.61. The molecule has 4 atom stereocenters. The van der Waals surface area contributed by atoms with Crippen molar-refractivity contribution in [2.24, 2.45) is 5.73 Å². The van der Waals surface area contributed by atoms with Crippen LogP contribution in [0, 0.1) is 0 Å². The van der Waals surface area contributed by atoms with Crippen molar-refractivity contribution in [3.8, 4) is 0 Å². The minimum atomic E-state index is -1.28. The van der Waals surface area contributed by atoms with Crippen molar-refractivity contribution in [3.05, 3.63) is 0 Å². The first kappa shape index (κ1) is 23.7. The van der Waals surface area contributed by atoms with Crippen LogP contribution >= 0.6 is 12.6 Å². The van der Waals surface area contributed by atoms with Gasteiger partial charge in [0.15, 0.2) is 0 Å². The van der Waals surface area contributed by atoms with Crippen molar-refractivity contribution in [2.45, 2.75) is 50.9 Å². The first-order chi connectivity index (χ1) is 12.0. The predicted octanol–water partition coefficient (Wildman–Crippen LogP) is -2.31. The van der Waals surface area contributed by atoms with Crippen LogP contribution in [-0.2, 0) is 24.0 Å². The molecule has 0 fully saturated rings. The highest BCUT2D eigenvalue weighted by Gasteiger charge is 2.27. The maximum absolute atomic E-state index is 12.2. The molecule has 4 unspecified atom stereocenters. The number of nitrogens with one attached hydrogen (secondary N) is 3. The van der Waals surface area contributed by atoms with Gasteiger partial charge in [-0.25, -0.2) is 4.79 Å². The molecule has 0 aromatic carbocycles. The van der Waals surface area contributed by atoms with Crippen LogP contribution in [0.1, 0.15) is 26.7 Å². The molecule has 0 saturated heterocycles. The van der Waals surface area contributed by atoms with E-state index < -0.39 is 60.2 Å². The molecular weight excluding hydrogens is 368 g/mol. The van der Waals surface area contributed by atoms with E-state index in [1.165, 1.54) is 13.8 Å². The fourth-order valence-electron chi connectivity index (χ4n) is 1.70. The van der Waals surface area contributed by atoms with E-state index in [1.807, 2.05) is 0 Å². The molecule has 0 aliphatic heterocycles. The van der Waals surface area contributed by atoms with Crippen molar-refractivity contribution in [2.75, 3.05) is 5.75 Å². The average Bonchev–Trinajstić information content (AvgIpc) is 2.54. The lowest BCUT2D eigenvalue weighted by atomic mass is 10.1. The average molecular weight is 392 g/mol. The predicted molar refractivity (Wildman–Crippen MR) is 93.5 cm³/mol. The van der Waals surface area contributed by atoms with Gasteiger partial charge in [0.2, 0.25) is 17.7 Å². The van der Waals surface area contributed by atoms with E-state index in [2.05, 4.69) is 28.6 Å². The Balaban J connectivity index is 4.92. The summed E-state index contributed by atoms with van der Waals surface area (Å²) < 4.78 is 0. The number of carbonyl (C=O) groups excluding carboxylic acids is 3. The second kappa shape index (κ2) is 11.3. The van der Waals surface area contributed by atoms with E-state index in [1.54, 1.807) is 0 Å². The molecule has 12 heteroatoms. The molecule has 0 radical (unpaired) electrons. The van der Waals surface area contributed by atoms with E-state index in [9.17, 15) is 24.0 Å². The molecule has 0 aromatic heterocycles. The Hall–Kier alpha value is -2.34. The summed E-state index contributed by atoms with van der Waals surface area (Å²) in [6.45, 7) is 2.70. The molecule has 0 aliphatic rings. The molecule has 0 rings (SSSR count). The Morgan fingerprint density at radius 2 is 1.46 bits per heavy atom. The SMILES string of the molecule is CC(N)C(=O)NC(CCC(=O)O)C(=O)NC(C)C(=O)NC(CS)C(=O)O. The van der Waals surface area contributed by atoms with Gasteiger partial charge in [-0.15, -0.1) is 0 Å². The van der Waals surface area contributed by atoms with Crippen molar-refractivity contribution in [3.63, 3.8) is 0 Å². The molecule has 3 amide bonds. The van der Waals surface area contributed by atoms with Crippen LogP contribution in [0.2, 0.25) is 0 Å². The summed E-state index contributed by atoms with van der Waals surface area (Å²) in [5.74, 6) is -4.81. The van der Waals surface area contributed by atoms with Crippen LogP contribution in [0.3, 0.4) is 0 Å². The van der Waals surface area contributed by atoms with Gasteiger partial charge in [-0.2, -0.15) is 12.6 Å². The number of hydrogen-bond donors (Lipinski definition) is 7. The van der Waals surface area contributed by atoms with Gasteiger partial charge < -0.3 is 31.9 Å². The standard InChI is InChI=1S/C14H24N4O7S/c1-6(15)11(21)17-8(3-4-10(19)20)13(23)16-7(2)12(22)18-9(5-26)14(24)25/h6-9,26H,3-5,15H2,1-2H3,(H,16,23)(H,17,21)(H,18,22)(H,19,20)(H,24,25). The Morgan fingerprint density at radius 1 is 0.923 bits per heavy atom. The Labute approximate surface area is 155 Å². The number of carbonyl (C=O) groups is 5. The van der Waals surface area contributed by atoms with Crippen LogP contribution in [0.5, 0.6) is 0 Å². The zero-order chi connectivity index (χ0) is 20.4. The highest BCUT2D eigenvalue weighted by molar-refractivity contribution is 7.80. The molecular formula is C14H24N4O7S. The van der Waals surface area contributed by atoms with Crippen LogP contribution in [-0.4, -0.2) is 69.8 Å². The number of hydrogen-bond acceptors (Lipinski definition) is 7. The lowest BCUT2D eigenvalue weighted by Crippen LogP contribution is -2.56. The molecule has 0 spiro atoms. The minimum absolute atomic E-state index is 0.145. The quantitative estimate of drug-likeness (QED) is 0.191. The van der Waals surface area contributed by atoms with Gasteiger partial charge in [-0.1, -0.05) is 0 Å². The van der Waals surface area contributed by atoms with Crippen molar-refractivity contribution < 1.29 is 34.2 Å². The van der Waals surface area contributed by atoms with Gasteiger partial charge in [0.25, 0.3) is 0 Å². The van der Waals surface area contributed by atoms with E-state index >= 15 is 0 Å². The summed E-state index contributed by atoms with van der Waals surface area (Å²) in [5.41, 5.74) is 5.40. The highest BCUT2D eigenvalue weighted by Crippen LogP contribution is 2.00. The molecule has 0 bridgehead atoms. The molecule has 0 aliphatic carbocycles. The Morgan fingerprint density at radius 3 is 1.88 bits per heavy atom. The van der Waals surface area contributed by atoms with Crippen molar-refractivity contribution >= 4 is 42.3 Å². The summed E-state index contributed by atoms with van der Waals surface area (Å²) in [6.07, 6.45) is -0.596. The molecule has 148 valence electrons. The van der Waals surface area contributed by atoms with Gasteiger partial charge in [0.1, 0.15) is 18.1 Å². The zero-order valence-corrected chi connectivity index (χ0v) is 15.3. The second-order valence-corrected chi connectivity index (χ2v) is 5.96. The normalized spacial score (nSPS) is 15.1. The van der Waals surface area contributed by atoms with Gasteiger partial charge in [0, 0.05) is 12.2 Å². The smallest absolute Gasteiger partial charge is 0.327 e. The molecule has 0 aromatic rings. The monoisotopic (exact) mass is 392 g/mol. The number of thiol groups is 1. The number of amides is 3. The number of rotatable bonds is 11.